The highest BCUT2D eigenvalue weighted by atomic mass is 19.4. The Morgan fingerprint density at radius 2 is 1.54 bits per heavy atom. The van der Waals surface area contributed by atoms with Gasteiger partial charge in [-0.25, -0.2) is 14.6 Å². The fraction of sp³-hybridized carbons (Fsp3) is 0.529. The Kier molecular flexibility index (Phi) is 11.3. The molecule has 284 valence electrons. The van der Waals surface area contributed by atoms with Gasteiger partial charge in [0.25, 0.3) is 11.8 Å². The fourth-order valence-corrected chi connectivity index (χ4v) is 5.03. The Bertz CT molecular complexity index is 1740. The van der Waals surface area contributed by atoms with E-state index in [9.17, 15) is 27.6 Å². The van der Waals surface area contributed by atoms with E-state index in [1.807, 2.05) is 0 Å². The lowest BCUT2D eigenvalue weighted by atomic mass is 9.93. The van der Waals surface area contributed by atoms with Crippen LogP contribution in [0.4, 0.5) is 41.6 Å². The Morgan fingerprint density at radius 1 is 0.942 bits per heavy atom. The molecule has 3 heterocycles. The molecule has 1 aromatic carbocycles. The summed E-state index contributed by atoms with van der Waals surface area (Å²) in [6.45, 7) is 9.15. The summed E-state index contributed by atoms with van der Waals surface area (Å²) in [6.07, 6.45) is -17.1. The number of carbonyl (C=O) groups is 3. The number of fused-ring (bicyclic) bond motifs is 5. The summed E-state index contributed by atoms with van der Waals surface area (Å²) in [4.78, 5) is 44.0. The highest BCUT2D eigenvalue weighted by molar-refractivity contribution is 6.11. The van der Waals surface area contributed by atoms with Crippen molar-refractivity contribution in [2.75, 3.05) is 4.90 Å². The predicted molar refractivity (Wildman–Crippen MR) is 170 cm³/mol. The molecule has 0 saturated carbocycles. The lowest BCUT2D eigenvalue weighted by Crippen LogP contribution is -2.45. The first-order valence-corrected chi connectivity index (χ1v) is 16.1. The SMILES string of the molecule is C[C@@H]1CC(=O)CCC[C@](OCc2ccccc2)(C(F)(F)F)c2nnc(o2)-c2nc(c(C(F)(F)F)cc2N(C(=O)OC(C)(C)C)C(=O)OC(C)(C)C)O1. The molecule has 2 amide bonds. The zero-order chi connectivity index (χ0) is 38.9. The first-order chi connectivity index (χ1) is 23.9. The lowest BCUT2D eigenvalue weighted by Gasteiger charge is -2.32. The number of amides is 2. The van der Waals surface area contributed by atoms with Crippen molar-refractivity contribution in [1.29, 1.82) is 0 Å². The number of rotatable bonds is 4. The van der Waals surface area contributed by atoms with Crippen LogP contribution in [0.5, 0.6) is 5.88 Å². The zero-order valence-corrected chi connectivity index (χ0v) is 29.4. The van der Waals surface area contributed by atoms with Gasteiger partial charge >= 0.3 is 24.5 Å². The van der Waals surface area contributed by atoms with Crippen molar-refractivity contribution in [3.8, 4) is 17.5 Å². The van der Waals surface area contributed by atoms with Gasteiger partial charge in [-0.15, -0.1) is 10.2 Å². The number of hydrogen-bond donors (Lipinski definition) is 0. The third-order valence-corrected chi connectivity index (χ3v) is 7.24. The highest BCUT2D eigenvalue weighted by Crippen LogP contribution is 2.48. The maximum Gasteiger partial charge on any atom is 0.426 e. The maximum atomic E-state index is 15.2. The zero-order valence-electron chi connectivity index (χ0n) is 29.4. The average Bonchev–Trinajstić information content (AvgIpc) is 3.47. The molecule has 0 radical (unpaired) electrons. The van der Waals surface area contributed by atoms with Crippen LogP contribution in [0.3, 0.4) is 0 Å². The first kappa shape index (κ1) is 40.0. The fourth-order valence-electron chi connectivity index (χ4n) is 5.03. The number of aromatic nitrogens is 3. The number of halogens is 6. The van der Waals surface area contributed by atoms with Crippen molar-refractivity contribution in [3.63, 3.8) is 0 Å². The van der Waals surface area contributed by atoms with Crippen LogP contribution in [0.15, 0.2) is 40.8 Å². The molecule has 3 aromatic rings. The van der Waals surface area contributed by atoms with Crippen LogP contribution in [-0.2, 0) is 37.4 Å². The second-order valence-electron chi connectivity index (χ2n) is 14.0. The molecule has 12 nitrogen and oxygen atoms in total. The molecule has 4 bridgehead atoms. The van der Waals surface area contributed by atoms with Crippen molar-refractivity contribution < 1.29 is 64.1 Å². The Hall–Kier alpha value is -4.74. The number of alkyl halides is 6. The summed E-state index contributed by atoms with van der Waals surface area (Å²) >= 11 is 0. The molecule has 0 fully saturated rings. The summed E-state index contributed by atoms with van der Waals surface area (Å²) in [5, 5.41) is 7.30. The van der Waals surface area contributed by atoms with Gasteiger partial charge in [-0.1, -0.05) is 30.3 Å². The number of ether oxygens (including phenoxy) is 4. The van der Waals surface area contributed by atoms with Crippen molar-refractivity contribution in [2.45, 2.75) is 116 Å². The average molecular weight is 745 g/mol. The van der Waals surface area contributed by atoms with Crippen LogP contribution < -0.4 is 9.64 Å². The van der Waals surface area contributed by atoms with Gasteiger partial charge in [-0.05, 0) is 72.9 Å². The Labute approximate surface area is 294 Å². The maximum absolute atomic E-state index is 15.2. The number of hydrogen-bond acceptors (Lipinski definition) is 11. The van der Waals surface area contributed by atoms with E-state index in [1.165, 1.54) is 60.6 Å². The van der Waals surface area contributed by atoms with E-state index < -0.39 is 120 Å². The van der Waals surface area contributed by atoms with Gasteiger partial charge in [0.15, 0.2) is 5.69 Å². The number of nitrogens with zero attached hydrogens (tertiary/aromatic N) is 4. The molecule has 0 N–H and O–H groups in total. The summed E-state index contributed by atoms with van der Waals surface area (Å²) in [6, 6.07) is 8.12. The van der Waals surface area contributed by atoms with Gasteiger partial charge in [0.2, 0.25) is 11.5 Å². The smallest absolute Gasteiger partial charge is 0.426 e. The second-order valence-corrected chi connectivity index (χ2v) is 14.0. The van der Waals surface area contributed by atoms with Gasteiger partial charge in [0.1, 0.15) is 28.7 Å². The number of benzene rings is 1. The van der Waals surface area contributed by atoms with Crippen molar-refractivity contribution in [1.82, 2.24) is 15.2 Å². The monoisotopic (exact) mass is 744 g/mol. The summed E-state index contributed by atoms with van der Waals surface area (Å²) < 4.78 is 117. The van der Waals surface area contributed by atoms with Crippen LogP contribution in [-0.4, -0.2) is 56.6 Å². The van der Waals surface area contributed by atoms with Crippen LogP contribution in [0.1, 0.15) is 91.2 Å². The van der Waals surface area contributed by atoms with E-state index in [2.05, 4.69) is 15.2 Å². The Morgan fingerprint density at radius 3 is 2.08 bits per heavy atom. The minimum absolute atomic E-state index is 0.0840. The van der Waals surface area contributed by atoms with E-state index >= 15 is 13.2 Å². The third kappa shape index (κ3) is 9.57. The molecule has 52 heavy (non-hydrogen) atoms. The number of anilines is 1. The van der Waals surface area contributed by atoms with Gasteiger partial charge in [0.05, 0.1) is 12.3 Å². The molecular weight excluding hydrogens is 706 g/mol. The van der Waals surface area contributed by atoms with Gasteiger partial charge in [0, 0.05) is 12.8 Å². The van der Waals surface area contributed by atoms with E-state index in [0.29, 0.717) is 11.6 Å². The molecule has 0 aliphatic carbocycles. The second kappa shape index (κ2) is 14.7. The van der Waals surface area contributed by atoms with Crippen LogP contribution in [0.2, 0.25) is 0 Å². The molecule has 0 spiro atoms. The van der Waals surface area contributed by atoms with Crippen LogP contribution >= 0.6 is 0 Å². The van der Waals surface area contributed by atoms with E-state index in [4.69, 9.17) is 23.4 Å². The topological polar surface area (TPSA) is 143 Å². The van der Waals surface area contributed by atoms with E-state index in [1.54, 1.807) is 18.2 Å². The third-order valence-electron chi connectivity index (χ3n) is 7.24. The minimum Gasteiger partial charge on any atom is -0.474 e. The largest absolute Gasteiger partial charge is 0.474 e. The summed E-state index contributed by atoms with van der Waals surface area (Å²) in [5.41, 5.74) is -9.11. The highest BCUT2D eigenvalue weighted by Gasteiger charge is 2.61. The van der Waals surface area contributed by atoms with Crippen molar-refractivity contribution in [2.24, 2.45) is 0 Å². The quantitative estimate of drug-likeness (QED) is 0.237. The minimum atomic E-state index is -5.25. The number of pyridine rings is 1. The van der Waals surface area contributed by atoms with Gasteiger partial charge < -0.3 is 23.4 Å². The molecule has 1 aliphatic heterocycles. The molecule has 0 unspecified atom stereocenters. The summed E-state index contributed by atoms with van der Waals surface area (Å²) in [5.74, 6) is -3.90. The van der Waals surface area contributed by atoms with Crippen molar-refractivity contribution in [3.05, 3.63) is 53.4 Å². The van der Waals surface area contributed by atoms with Gasteiger partial charge in [-0.2, -0.15) is 31.2 Å². The standard InChI is InChI=1S/C34H38F6N4O8/c1-19-16-21(45)14-11-15-32(34(38,39)40,48-18-20-12-9-8-10-13-20)27-43-42-26(50-27)24-23(17-22(33(35,36)37)25(41-24)49-19)44(28(46)51-30(2,3)4)29(47)52-31(5,6)7/h8-10,12-13,17,19H,11,14-16,18H2,1-7H3/t19-,32-/m1/s1. The van der Waals surface area contributed by atoms with Crippen molar-refractivity contribution >= 4 is 23.7 Å². The lowest BCUT2D eigenvalue weighted by molar-refractivity contribution is -0.300. The number of ketones is 1. The molecule has 2 aromatic heterocycles. The molecule has 1 aliphatic rings. The predicted octanol–water partition coefficient (Wildman–Crippen LogP) is 8.71. The number of Topliss-reactive ketones (excluding diaryl/α,β-unsaturated/α-hetero) is 1. The van der Waals surface area contributed by atoms with Crippen LogP contribution in [0, 0.1) is 0 Å². The van der Waals surface area contributed by atoms with E-state index in [0.717, 1.165) is 0 Å². The number of carbonyl (C=O) groups excluding carboxylic acids is 3. The van der Waals surface area contributed by atoms with Crippen LogP contribution in [0.25, 0.3) is 11.6 Å². The molecule has 0 saturated heterocycles. The van der Waals surface area contributed by atoms with Gasteiger partial charge in [-0.3, -0.25) is 4.79 Å². The Balaban J connectivity index is 2.05. The molecule has 4 rings (SSSR count). The molecular formula is C34H38F6N4O8. The van der Waals surface area contributed by atoms with E-state index in [-0.39, 0.29) is 4.90 Å². The first-order valence-electron chi connectivity index (χ1n) is 16.1. The molecule has 2 atom stereocenters. The molecule has 18 heteroatoms. The normalized spacial score (nSPS) is 18.9. The summed E-state index contributed by atoms with van der Waals surface area (Å²) in [7, 11) is 0. The number of imide groups is 1.